The van der Waals surface area contributed by atoms with Crippen LogP contribution in [0.3, 0.4) is 0 Å². The van der Waals surface area contributed by atoms with E-state index >= 15 is 0 Å². The predicted octanol–water partition coefficient (Wildman–Crippen LogP) is 6.92. The number of fused-ring (bicyclic) bond motifs is 2. The lowest BCUT2D eigenvalue weighted by Crippen LogP contribution is -2.53. The van der Waals surface area contributed by atoms with Crippen molar-refractivity contribution < 1.29 is 0 Å². The summed E-state index contributed by atoms with van der Waals surface area (Å²) >= 11 is 0. The molecule has 27 heavy (non-hydrogen) atoms. The molecule has 0 bridgehead atoms. The zero-order chi connectivity index (χ0) is 18.4. The van der Waals surface area contributed by atoms with Crippen molar-refractivity contribution in [1.82, 2.24) is 0 Å². The van der Waals surface area contributed by atoms with Gasteiger partial charge in [-0.05, 0) is 86.2 Å². The van der Waals surface area contributed by atoms with Crippen LogP contribution in [0, 0.1) is 35.5 Å². The smallest absolute Gasteiger partial charge is 0.0371 e. The molecule has 148 valence electrons. The molecule has 1 heteroatoms. The fraction of sp³-hybridized carbons (Fsp3) is 0.769. The van der Waals surface area contributed by atoms with Crippen LogP contribution in [0.5, 0.6) is 0 Å². The fourth-order valence-electron chi connectivity index (χ4n) is 8.02. The average molecular weight is 366 g/mol. The van der Waals surface area contributed by atoms with Gasteiger partial charge in [0.2, 0.25) is 0 Å². The van der Waals surface area contributed by atoms with Gasteiger partial charge in [0, 0.05) is 17.8 Å². The monoisotopic (exact) mass is 365 g/mol. The molecule has 0 aliphatic heterocycles. The normalized spacial score (nSPS) is 43.9. The third-order valence-corrected chi connectivity index (χ3v) is 8.88. The highest BCUT2D eigenvalue weighted by Gasteiger charge is 2.47. The maximum atomic E-state index is 3.02. The van der Waals surface area contributed by atoms with E-state index in [1.165, 1.54) is 69.9 Å². The minimum Gasteiger partial charge on any atom is -0.365 e. The summed E-state index contributed by atoms with van der Waals surface area (Å²) in [6.45, 7) is 5.02. The molecular formula is C26H39N. The van der Waals surface area contributed by atoms with Gasteiger partial charge in [0.1, 0.15) is 0 Å². The van der Waals surface area contributed by atoms with Crippen molar-refractivity contribution in [3.63, 3.8) is 0 Å². The van der Waals surface area contributed by atoms with Crippen molar-refractivity contribution in [2.75, 3.05) is 4.90 Å². The highest BCUT2D eigenvalue weighted by atomic mass is 15.2. The summed E-state index contributed by atoms with van der Waals surface area (Å²) in [5.74, 6) is 5.81. The second-order valence-corrected chi connectivity index (χ2v) is 10.7. The zero-order valence-electron chi connectivity index (χ0n) is 17.5. The lowest BCUT2D eigenvalue weighted by molar-refractivity contribution is 0.172. The minimum atomic E-state index is 0.802. The molecule has 0 radical (unpaired) electrons. The maximum absolute atomic E-state index is 3.02. The molecule has 5 rings (SSSR count). The Morgan fingerprint density at radius 3 is 1.70 bits per heavy atom. The number of para-hydroxylation sites is 1. The molecule has 0 N–H and O–H groups in total. The van der Waals surface area contributed by atoms with Crippen LogP contribution in [0.1, 0.15) is 78.1 Å². The maximum Gasteiger partial charge on any atom is 0.0371 e. The first-order valence-electron chi connectivity index (χ1n) is 12.0. The van der Waals surface area contributed by atoms with Gasteiger partial charge >= 0.3 is 0 Å². The molecule has 0 heterocycles. The Labute approximate surface area is 166 Å². The molecule has 0 saturated heterocycles. The topological polar surface area (TPSA) is 3.24 Å². The molecule has 4 saturated carbocycles. The van der Waals surface area contributed by atoms with Crippen LogP contribution in [0.15, 0.2) is 30.3 Å². The van der Waals surface area contributed by atoms with Gasteiger partial charge in [0.25, 0.3) is 0 Å². The van der Waals surface area contributed by atoms with Gasteiger partial charge in [-0.15, -0.1) is 0 Å². The van der Waals surface area contributed by atoms with E-state index in [1.54, 1.807) is 0 Å². The van der Waals surface area contributed by atoms with Crippen LogP contribution in [0.4, 0.5) is 5.69 Å². The van der Waals surface area contributed by atoms with E-state index in [-0.39, 0.29) is 0 Å². The summed E-state index contributed by atoms with van der Waals surface area (Å²) in [7, 11) is 0. The Morgan fingerprint density at radius 2 is 1.19 bits per heavy atom. The standard InChI is InChI=1S/C26H39N/c1-18-14-20-8-6-12-25(23(20)16-18)27(22-10-4-3-5-11-22)26-13-7-9-21-15-19(2)17-24(21)26/h3-5,10-11,18-21,23-26H,6-9,12-17H2,1-2H3. The lowest BCUT2D eigenvalue weighted by Gasteiger charge is -2.50. The first kappa shape index (κ1) is 18.1. The largest absolute Gasteiger partial charge is 0.365 e. The molecule has 4 fully saturated rings. The molecule has 1 aromatic carbocycles. The van der Waals surface area contributed by atoms with Crippen LogP contribution >= 0.6 is 0 Å². The van der Waals surface area contributed by atoms with Crippen molar-refractivity contribution in [2.45, 2.75) is 90.1 Å². The van der Waals surface area contributed by atoms with Crippen molar-refractivity contribution in [2.24, 2.45) is 35.5 Å². The van der Waals surface area contributed by atoms with E-state index in [9.17, 15) is 0 Å². The van der Waals surface area contributed by atoms with Gasteiger partial charge in [0.05, 0.1) is 0 Å². The second-order valence-electron chi connectivity index (χ2n) is 10.7. The summed E-state index contributed by atoms with van der Waals surface area (Å²) in [6, 6.07) is 13.2. The van der Waals surface area contributed by atoms with Gasteiger partial charge in [-0.3, -0.25) is 0 Å². The van der Waals surface area contributed by atoms with E-state index < -0.39 is 0 Å². The molecule has 1 nitrogen and oxygen atoms in total. The SMILES string of the molecule is CC1CC2CCCC(N(c3ccccc3)C3CCCC4CC(C)CC43)C2C1. The van der Waals surface area contributed by atoms with E-state index in [4.69, 9.17) is 0 Å². The zero-order valence-corrected chi connectivity index (χ0v) is 17.5. The summed E-state index contributed by atoms with van der Waals surface area (Å²) in [4.78, 5) is 3.02. The van der Waals surface area contributed by atoms with Gasteiger partial charge in [-0.25, -0.2) is 0 Å². The van der Waals surface area contributed by atoms with E-state index in [1.807, 2.05) is 0 Å². The number of anilines is 1. The van der Waals surface area contributed by atoms with Crippen molar-refractivity contribution in [3.8, 4) is 0 Å². The average Bonchev–Trinajstić information content (AvgIpc) is 3.24. The number of rotatable bonds is 3. The van der Waals surface area contributed by atoms with E-state index in [0.717, 1.165) is 47.6 Å². The molecule has 4 aliphatic carbocycles. The summed E-state index contributed by atoms with van der Waals surface area (Å²) in [5.41, 5.74) is 1.54. The third kappa shape index (κ3) is 3.34. The Morgan fingerprint density at radius 1 is 0.667 bits per heavy atom. The minimum absolute atomic E-state index is 0.802. The Bertz CT molecular complexity index is 588. The third-order valence-electron chi connectivity index (χ3n) is 8.88. The molecular weight excluding hydrogens is 326 g/mol. The number of hydrogen-bond acceptors (Lipinski definition) is 1. The van der Waals surface area contributed by atoms with E-state index in [0.29, 0.717) is 0 Å². The van der Waals surface area contributed by atoms with Crippen molar-refractivity contribution in [1.29, 1.82) is 0 Å². The van der Waals surface area contributed by atoms with Crippen molar-refractivity contribution in [3.05, 3.63) is 30.3 Å². The van der Waals surface area contributed by atoms with Crippen molar-refractivity contribution >= 4 is 5.69 Å². The molecule has 0 aromatic heterocycles. The lowest BCUT2D eigenvalue weighted by atomic mass is 9.73. The van der Waals surface area contributed by atoms with Crippen LogP contribution in [-0.4, -0.2) is 12.1 Å². The molecule has 8 atom stereocenters. The van der Waals surface area contributed by atoms with Gasteiger partial charge in [-0.1, -0.05) is 57.7 Å². The fourth-order valence-corrected chi connectivity index (χ4v) is 8.02. The Kier molecular flexibility index (Phi) is 4.99. The highest BCUT2D eigenvalue weighted by Crippen LogP contribution is 2.52. The first-order chi connectivity index (χ1) is 13.2. The van der Waals surface area contributed by atoms with Crippen LogP contribution < -0.4 is 4.90 Å². The molecule has 8 unspecified atom stereocenters. The Hall–Kier alpha value is -0.980. The van der Waals surface area contributed by atoms with Crippen LogP contribution in [0.25, 0.3) is 0 Å². The molecule has 1 aromatic rings. The van der Waals surface area contributed by atoms with Crippen LogP contribution in [0.2, 0.25) is 0 Å². The van der Waals surface area contributed by atoms with Gasteiger partial charge < -0.3 is 4.90 Å². The molecule has 4 aliphatic rings. The Balaban J connectivity index is 1.50. The number of benzene rings is 1. The number of nitrogens with zero attached hydrogens (tertiary/aromatic N) is 1. The second kappa shape index (κ2) is 7.45. The van der Waals surface area contributed by atoms with Gasteiger partial charge in [-0.2, -0.15) is 0 Å². The quantitative estimate of drug-likeness (QED) is 0.562. The molecule has 0 amide bonds. The molecule has 0 spiro atoms. The number of hydrogen-bond donors (Lipinski definition) is 0. The van der Waals surface area contributed by atoms with Gasteiger partial charge in [0.15, 0.2) is 0 Å². The highest BCUT2D eigenvalue weighted by molar-refractivity contribution is 5.49. The van der Waals surface area contributed by atoms with E-state index in [2.05, 4.69) is 49.1 Å². The summed E-state index contributed by atoms with van der Waals surface area (Å²) in [5, 5.41) is 0. The summed E-state index contributed by atoms with van der Waals surface area (Å²) in [6.07, 6.45) is 14.8. The predicted molar refractivity (Wildman–Crippen MR) is 115 cm³/mol. The first-order valence-corrected chi connectivity index (χ1v) is 12.0. The van der Waals surface area contributed by atoms with Crippen LogP contribution in [-0.2, 0) is 0 Å². The summed E-state index contributed by atoms with van der Waals surface area (Å²) < 4.78 is 0.